The normalized spacial score (nSPS) is 10.0. The van der Waals surface area contributed by atoms with Gasteiger partial charge in [0.15, 0.2) is 5.75 Å². The van der Waals surface area contributed by atoms with Crippen LogP contribution in [0.15, 0.2) is 42.5 Å². The Labute approximate surface area is 120 Å². The van der Waals surface area contributed by atoms with E-state index in [0.29, 0.717) is 5.69 Å². The van der Waals surface area contributed by atoms with Gasteiger partial charge in [0.25, 0.3) is 0 Å². The molecule has 0 fully saturated rings. The van der Waals surface area contributed by atoms with Gasteiger partial charge in [-0.15, -0.1) is 0 Å². The standard InChI is InChI=1S/C15H12FNO4/c1-9(18)17-11-6-2-3-7-12(11)21-13-8-4-5-10(16)14(13)15(19)20/h2-8H,1H3,(H,17,18)(H,19,20). The number of carboxylic acids is 1. The summed E-state index contributed by atoms with van der Waals surface area (Å²) in [6, 6.07) is 10.2. The van der Waals surface area contributed by atoms with Crippen molar-refractivity contribution in [2.75, 3.05) is 5.32 Å². The van der Waals surface area contributed by atoms with Gasteiger partial charge in [-0.2, -0.15) is 0 Å². The Morgan fingerprint density at radius 2 is 1.76 bits per heavy atom. The number of benzene rings is 2. The molecule has 0 bridgehead atoms. The molecule has 0 heterocycles. The monoisotopic (exact) mass is 289 g/mol. The average Bonchev–Trinajstić information content (AvgIpc) is 2.40. The molecule has 0 spiro atoms. The number of para-hydroxylation sites is 2. The van der Waals surface area contributed by atoms with E-state index in [0.717, 1.165) is 6.07 Å². The lowest BCUT2D eigenvalue weighted by Crippen LogP contribution is -2.08. The van der Waals surface area contributed by atoms with E-state index in [9.17, 15) is 14.0 Å². The minimum atomic E-state index is -1.43. The van der Waals surface area contributed by atoms with Crippen molar-refractivity contribution in [1.82, 2.24) is 0 Å². The van der Waals surface area contributed by atoms with Gasteiger partial charge in [-0.3, -0.25) is 4.79 Å². The number of carbonyl (C=O) groups excluding carboxylic acids is 1. The zero-order chi connectivity index (χ0) is 15.4. The summed E-state index contributed by atoms with van der Waals surface area (Å²) in [5.74, 6) is -2.54. The van der Waals surface area contributed by atoms with E-state index in [1.165, 1.54) is 19.1 Å². The van der Waals surface area contributed by atoms with Gasteiger partial charge in [0, 0.05) is 6.92 Å². The third kappa shape index (κ3) is 3.36. The van der Waals surface area contributed by atoms with Crippen LogP contribution in [0.2, 0.25) is 0 Å². The lowest BCUT2D eigenvalue weighted by atomic mass is 10.2. The molecule has 2 aromatic rings. The van der Waals surface area contributed by atoms with Crippen LogP contribution in [0.25, 0.3) is 0 Å². The lowest BCUT2D eigenvalue weighted by Gasteiger charge is -2.13. The molecular formula is C15H12FNO4. The number of halogens is 1. The van der Waals surface area contributed by atoms with Crippen LogP contribution < -0.4 is 10.1 Å². The highest BCUT2D eigenvalue weighted by atomic mass is 19.1. The number of amides is 1. The van der Waals surface area contributed by atoms with Crippen LogP contribution in [0.4, 0.5) is 10.1 Å². The van der Waals surface area contributed by atoms with E-state index >= 15 is 0 Å². The van der Waals surface area contributed by atoms with Gasteiger partial charge in [0.05, 0.1) is 5.69 Å². The number of carboxylic acid groups (broad SMARTS) is 1. The molecule has 0 atom stereocenters. The molecule has 0 aliphatic carbocycles. The Hall–Kier alpha value is -2.89. The molecule has 0 aliphatic heterocycles. The van der Waals surface area contributed by atoms with E-state index in [-0.39, 0.29) is 17.4 Å². The fraction of sp³-hybridized carbons (Fsp3) is 0.0667. The SMILES string of the molecule is CC(=O)Nc1ccccc1Oc1cccc(F)c1C(=O)O. The Morgan fingerprint density at radius 3 is 2.43 bits per heavy atom. The van der Waals surface area contributed by atoms with E-state index < -0.39 is 17.3 Å². The minimum absolute atomic E-state index is 0.139. The molecule has 5 nitrogen and oxygen atoms in total. The van der Waals surface area contributed by atoms with Gasteiger partial charge in [0.2, 0.25) is 5.91 Å². The van der Waals surface area contributed by atoms with Crippen LogP contribution in [0, 0.1) is 5.82 Å². The Morgan fingerprint density at radius 1 is 1.10 bits per heavy atom. The maximum atomic E-state index is 13.6. The maximum Gasteiger partial charge on any atom is 0.342 e. The van der Waals surface area contributed by atoms with Gasteiger partial charge in [-0.05, 0) is 24.3 Å². The number of hydrogen-bond donors (Lipinski definition) is 2. The van der Waals surface area contributed by atoms with Gasteiger partial charge in [-0.1, -0.05) is 18.2 Å². The van der Waals surface area contributed by atoms with E-state index in [4.69, 9.17) is 9.84 Å². The summed E-state index contributed by atoms with van der Waals surface area (Å²) in [5, 5.41) is 11.6. The van der Waals surface area contributed by atoms with Crippen molar-refractivity contribution in [3.05, 3.63) is 53.8 Å². The predicted molar refractivity (Wildman–Crippen MR) is 74.2 cm³/mol. The average molecular weight is 289 g/mol. The second-order valence-corrected chi connectivity index (χ2v) is 4.20. The quantitative estimate of drug-likeness (QED) is 0.905. The Balaban J connectivity index is 2.42. The Kier molecular flexibility index (Phi) is 4.18. The van der Waals surface area contributed by atoms with Crippen molar-refractivity contribution >= 4 is 17.6 Å². The highest BCUT2D eigenvalue weighted by molar-refractivity contribution is 5.92. The zero-order valence-corrected chi connectivity index (χ0v) is 11.1. The Bertz CT molecular complexity index is 700. The first-order chi connectivity index (χ1) is 9.99. The molecule has 2 N–H and O–H groups in total. The predicted octanol–water partition coefficient (Wildman–Crippen LogP) is 3.27. The fourth-order valence-corrected chi connectivity index (χ4v) is 1.76. The molecule has 1 amide bonds. The van der Waals surface area contributed by atoms with Crippen molar-refractivity contribution in [3.8, 4) is 11.5 Å². The van der Waals surface area contributed by atoms with Gasteiger partial charge >= 0.3 is 5.97 Å². The second kappa shape index (κ2) is 6.04. The van der Waals surface area contributed by atoms with Crippen LogP contribution in [0.5, 0.6) is 11.5 Å². The zero-order valence-electron chi connectivity index (χ0n) is 11.1. The number of nitrogens with one attached hydrogen (secondary N) is 1. The van der Waals surface area contributed by atoms with E-state index in [2.05, 4.69) is 5.32 Å². The number of aromatic carboxylic acids is 1. The first-order valence-corrected chi connectivity index (χ1v) is 6.05. The van der Waals surface area contributed by atoms with Crippen molar-refractivity contribution in [3.63, 3.8) is 0 Å². The van der Waals surface area contributed by atoms with Crippen molar-refractivity contribution in [2.24, 2.45) is 0 Å². The molecule has 0 radical (unpaired) electrons. The number of rotatable bonds is 4. The number of carbonyl (C=O) groups is 2. The third-order valence-electron chi connectivity index (χ3n) is 2.61. The molecule has 0 aromatic heterocycles. The first kappa shape index (κ1) is 14.5. The summed E-state index contributed by atoms with van der Waals surface area (Å²) < 4.78 is 19.0. The molecule has 6 heteroatoms. The van der Waals surface area contributed by atoms with Crippen molar-refractivity contribution < 1.29 is 23.8 Å². The van der Waals surface area contributed by atoms with Crippen molar-refractivity contribution in [2.45, 2.75) is 6.92 Å². The second-order valence-electron chi connectivity index (χ2n) is 4.20. The summed E-state index contributed by atoms with van der Waals surface area (Å²) >= 11 is 0. The summed E-state index contributed by atoms with van der Waals surface area (Å²) in [6.45, 7) is 1.33. The molecular weight excluding hydrogens is 277 g/mol. The van der Waals surface area contributed by atoms with Crippen LogP contribution in [0.1, 0.15) is 17.3 Å². The number of ether oxygens (including phenoxy) is 1. The topological polar surface area (TPSA) is 75.6 Å². The van der Waals surface area contributed by atoms with Gasteiger partial charge < -0.3 is 15.2 Å². The smallest absolute Gasteiger partial charge is 0.342 e. The van der Waals surface area contributed by atoms with E-state index in [1.54, 1.807) is 24.3 Å². The highest BCUT2D eigenvalue weighted by Gasteiger charge is 2.18. The summed E-state index contributed by atoms with van der Waals surface area (Å²) in [7, 11) is 0. The molecule has 0 saturated carbocycles. The van der Waals surface area contributed by atoms with E-state index in [1.807, 2.05) is 0 Å². The number of hydrogen-bond acceptors (Lipinski definition) is 3. The van der Waals surface area contributed by atoms with Crippen LogP contribution in [-0.2, 0) is 4.79 Å². The summed E-state index contributed by atoms with van der Waals surface area (Å²) in [4.78, 5) is 22.2. The largest absolute Gasteiger partial charge is 0.477 e. The maximum absolute atomic E-state index is 13.6. The molecule has 0 aliphatic rings. The highest BCUT2D eigenvalue weighted by Crippen LogP contribution is 2.32. The summed E-state index contributed by atoms with van der Waals surface area (Å²) in [6.07, 6.45) is 0. The summed E-state index contributed by atoms with van der Waals surface area (Å²) in [5.41, 5.74) is -0.194. The van der Waals surface area contributed by atoms with Gasteiger partial charge in [-0.25, -0.2) is 9.18 Å². The molecule has 2 rings (SSSR count). The first-order valence-electron chi connectivity index (χ1n) is 6.05. The van der Waals surface area contributed by atoms with Crippen LogP contribution in [-0.4, -0.2) is 17.0 Å². The molecule has 0 saturated heterocycles. The van der Waals surface area contributed by atoms with Crippen LogP contribution in [0.3, 0.4) is 0 Å². The molecule has 108 valence electrons. The minimum Gasteiger partial charge on any atom is -0.477 e. The molecule has 21 heavy (non-hydrogen) atoms. The molecule has 0 unspecified atom stereocenters. The fourth-order valence-electron chi connectivity index (χ4n) is 1.76. The van der Waals surface area contributed by atoms with Crippen LogP contribution >= 0.6 is 0 Å². The van der Waals surface area contributed by atoms with Crippen molar-refractivity contribution in [1.29, 1.82) is 0 Å². The number of anilines is 1. The van der Waals surface area contributed by atoms with Gasteiger partial charge in [0.1, 0.15) is 17.1 Å². The molecule has 2 aromatic carbocycles. The lowest BCUT2D eigenvalue weighted by molar-refractivity contribution is -0.114. The third-order valence-corrected chi connectivity index (χ3v) is 2.61.